The van der Waals surface area contributed by atoms with Gasteiger partial charge in [0.25, 0.3) is 5.56 Å². The van der Waals surface area contributed by atoms with Gasteiger partial charge in [0.2, 0.25) is 0 Å². The Labute approximate surface area is 178 Å². The highest BCUT2D eigenvalue weighted by Gasteiger charge is 2.35. The average molecular weight is 453 g/mol. The number of aromatic nitrogens is 2. The quantitative estimate of drug-likeness (QED) is 0.380. The molecule has 4 nitrogen and oxygen atoms in total. The van der Waals surface area contributed by atoms with Crippen LogP contribution in [-0.2, 0) is 13.2 Å². The third-order valence-electron chi connectivity index (χ3n) is 5.34. The molecule has 2 aromatic rings. The third-order valence-corrected chi connectivity index (χ3v) is 6.21. The smallest absolute Gasteiger partial charge is 0.292 e. The summed E-state index contributed by atoms with van der Waals surface area (Å²) >= 11 is 0. The van der Waals surface area contributed by atoms with Crippen LogP contribution in [0.4, 0.5) is 17.6 Å². The van der Waals surface area contributed by atoms with E-state index in [1.54, 1.807) is 0 Å². The van der Waals surface area contributed by atoms with Crippen LogP contribution in [0, 0.1) is 17.3 Å². The van der Waals surface area contributed by atoms with Crippen molar-refractivity contribution >= 4 is 8.07 Å². The van der Waals surface area contributed by atoms with Crippen molar-refractivity contribution in [2.45, 2.75) is 57.4 Å². The Hall–Kier alpha value is -2.60. The standard InChI is InChI=1S/C22H24F4N2O2Si/c1-27-19(22(24,25)26)13-20(29)28(21(27)30)18-12-16(14-7-5-6-8-14)15(11-17(18)23)9-10-31(2,3)4/h11-14H,5-8H2,1-4H3. The molecule has 1 aromatic heterocycles. The Bertz CT molecular complexity index is 1190. The fourth-order valence-electron chi connectivity index (χ4n) is 3.81. The first-order valence-electron chi connectivity index (χ1n) is 10.1. The van der Waals surface area contributed by atoms with Crippen molar-refractivity contribution in [2.24, 2.45) is 7.05 Å². The van der Waals surface area contributed by atoms with Gasteiger partial charge in [-0.05, 0) is 36.5 Å². The fraction of sp³-hybridized carbons (Fsp3) is 0.455. The zero-order chi connectivity index (χ0) is 23.1. The van der Waals surface area contributed by atoms with Gasteiger partial charge in [-0.25, -0.2) is 13.8 Å². The molecular formula is C22H24F4N2O2Si. The Morgan fingerprint density at radius 3 is 2.23 bits per heavy atom. The Morgan fingerprint density at radius 1 is 1.06 bits per heavy atom. The number of nitrogens with zero attached hydrogens (tertiary/aromatic N) is 2. The monoisotopic (exact) mass is 452 g/mol. The summed E-state index contributed by atoms with van der Waals surface area (Å²) in [6, 6.07) is 2.92. The topological polar surface area (TPSA) is 44.0 Å². The molecule has 0 saturated heterocycles. The lowest BCUT2D eigenvalue weighted by molar-refractivity contribution is -0.144. The molecule has 0 unspecified atom stereocenters. The number of benzene rings is 1. The van der Waals surface area contributed by atoms with Crippen molar-refractivity contribution in [1.82, 2.24) is 9.13 Å². The van der Waals surface area contributed by atoms with E-state index in [1.165, 1.54) is 12.1 Å². The van der Waals surface area contributed by atoms with Crippen molar-refractivity contribution in [3.63, 3.8) is 0 Å². The molecule has 1 heterocycles. The molecule has 3 rings (SSSR count). The maximum Gasteiger partial charge on any atom is 0.431 e. The van der Waals surface area contributed by atoms with Gasteiger partial charge in [-0.15, -0.1) is 5.54 Å². The summed E-state index contributed by atoms with van der Waals surface area (Å²) < 4.78 is 55.2. The number of hydrogen-bond acceptors (Lipinski definition) is 2. The van der Waals surface area contributed by atoms with Crippen molar-refractivity contribution in [3.05, 3.63) is 61.7 Å². The molecule has 1 fully saturated rings. The lowest BCUT2D eigenvalue weighted by Crippen LogP contribution is -2.41. The first-order valence-corrected chi connectivity index (χ1v) is 13.6. The van der Waals surface area contributed by atoms with Crippen LogP contribution in [0.3, 0.4) is 0 Å². The van der Waals surface area contributed by atoms with Gasteiger partial charge in [0.05, 0.1) is 5.69 Å². The minimum Gasteiger partial charge on any atom is -0.292 e. The maximum absolute atomic E-state index is 15.1. The molecule has 0 bridgehead atoms. The molecule has 0 radical (unpaired) electrons. The van der Waals surface area contributed by atoms with Crippen LogP contribution in [0.2, 0.25) is 19.6 Å². The summed E-state index contributed by atoms with van der Waals surface area (Å²) in [6.07, 6.45) is -1.14. The van der Waals surface area contributed by atoms with Crippen LogP contribution in [-0.4, -0.2) is 17.2 Å². The second-order valence-electron chi connectivity index (χ2n) is 8.91. The third kappa shape index (κ3) is 4.84. The summed E-state index contributed by atoms with van der Waals surface area (Å²) in [4.78, 5) is 25.1. The normalized spacial score (nSPS) is 15.1. The van der Waals surface area contributed by atoms with Crippen molar-refractivity contribution in [1.29, 1.82) is 0 Å². The maximum atomic E-state index is 15.1. The first-order chi connectivity index (χ1) is 14.3. The molecule has 1 aromatic carbocycles. The SMILES string of the molecule is Cn1c(C(F)(F)F)cc(=O)n(-c2cc(C3CCCC3)c(C#C[Si](C)(C)C)cc2F)c1=O. The van der Waals surface area contributed by atoms with E-state index >= 15 is 4.39 Å². The molecule has 1 saturated carbocycles. The lowest BCUT2D eigenvalue weighted by atomic mass is 9.92. The van der Waals surface area contributed by atoms with E-state index in [1.807, 2.05) is 0 Å². The second-order valence-corrected chi connectivity index (χ2v) is 13.7. The Balaban J connectivity index is 2.27. The van der Waals surface area contributed by atoms with Crippen molar-refractivity contribution < 1.29 is 17.6 Å². The minimum absolute atomic E-state index is 0.0966. The summed E-state index contributed by atoms with van der Waals surface area (Å²) in [7, 11) is -0.838. The number of hydrogen-bond donors (Lipinski definition) is 0. The van der Waals surface area contributed by atoms with Crippen LogP contribution >= 0.6 is 0 Å². The van der Waals surface area contributed by atoms with Gasteiger partial charge in [-0.1, -0.05) is 38.4 Å². The van der Waals surface area contributed by atoms with E-state index in [0.717, 1.165) is 38.3 Å². The van der Waals surface area contributed by atoms with Crippen LogP contribution in [0.5, 0.6) is 0 Å². The van der Waals surface area contributed by atoms with E-state index < -0.39 is 37.0 Å². The van der Waals surface area contributed by atoms with Crippen molar-refractivity contribution in [3.8, 4) is 17.2 Å². The number of alkyl halides is 3. The summed E-state index contributed by atoms with van der Waals surface area (Å²) in [5.74, 6) is 2.29. The highest BCUT2D eigenvalue weighted by Crippen LogP contribution is 2.37. The molecule has 1 aliphatic rings. The van der Waals surface area contributed by atoms with Gasteiger partial charge in [0, 0.05) is 18.7 Å². The van der Waals surface area contributed by atoms with Gasteiger partial charge in [0.15, 0.2) is 0 Å². The van der Waals surface area contributed by atoms with E-state index in [2.05, 4.69) is 31.1 Å². The molecule has 0 N–H and O–H groups in total. The van der Waals surface area contributed by atoms with E-state index in [-0.39, 0.29) is 11.6 Å². The zero-order valence-corrected chi connectivity index (χ0v) is 18.9. The molecule has 0 atom stereocenters. The van der Waals surface area contributed by atoms with E-state index in [4.69, 9.17) is 0 Å². The highest BCUT2D eigenvalue weighted by atomic mass is 28.3. The van der Waals surface area contributed by atoms with E-state index in [0.29, 0.717) is 20.8 Å². The predicted molar refractivity (Wildman–Crippen MR) is 114 cm³/mol. The van der Waals surface area contributed by atoms with Gasteiger partial charge in [-0.3, -0.25) is 9.36 Å². The van der Waals surface area contributed by atoms with Crippen LogP contribution in [0.1, 0.15) is 48.4 Å². The zero-order valence-electron chi connectivity index (χ0n) is 17.9. The number of rotatable bonds is 2. The molecule has 31 heavy (non-hydrogen) atoms. The van der Waals surface area contributed by atoms with Gasteiger partial charge in [0.1, 0.15) is 19.6 Å². The molecule has 166 valence electrons. The lowest BCUT2D eigenvalue weighted by Gasteiger charge is -2.18. The minimum atomic E-state index is -4.88. The van der Waals surface area contributed by atoms with Gasteiger partial charge >= 0.3 is 11.9 Å². The van der Waals surface area contributed by atoms with E-state index in [9.17, 15) is 22.8 Å². The van der Waals surface area contributed by atoms with Crippen LogP contribution < -0.4 is 11.2 Å². The summed E-state index contributed by atoms with van der Waals surface area (Å²) in [5.41, 5.74) is 0.233. The Kier molecular flexibility index (Phi) is 6.06. The molecule has 9 heteroatoms. The summed E-state index contributed by atoms with van der Waals surface area (Å²) in [6.45, 7) is 6.18. The molecule has 0 amide bonds. The second kappa shape index (κ2) is 8.15. The molecule has 0 spiro atoms. The first kappa shape index (κ1) is 23.1. The van der Waals surface area contributed by atoms with Gasteiger partial charge in [-0.2, -0.15) is 13.2 Å². The molecular weight excluding hydrogens is 428 g/mol. The van der Waals surface area contributed by atoms with Crippen molar-refractivity contribution in [2.75, 3.05) is 0 Å². The fourth-order valence-corrected chi connectivity index (χ4v) is 4.32. The van der Waals surface area contributed by atoms with Crippen LogP contribution in [0.25, 0.3) is 5.69 Å². The number of halogens is 4. The highest BCUT2D eigenvalue weighted by molar-refractivity contribution is 6.83. The average Bonchev–Trinajstić information content (AvgIpc) is 3.17. The molecule has 0 aliphatic heterocycles. The Morgan fingerprint density at radius 2 is 1.68 bits per heavy atom. The van der Waals surface area contributed by atoms with Gasteiger partial charge < -0.3 is 0 Å². The molecule has 1 aliphatic carbocycles. The van der Waals surface area contributed by atoms with Crippen LogP contribution in [0.15, 0.2) is 27.8 Å². The summed E-state index contributed by atoms with van der Waals surface area (Å²) in [5, 5.41) is 0. The predicted octanol–water partition coefficient (Wildman–Crippen LogP) is 4.58. The largest absolute Gasteiger partial charge is 0.431 e.